The van der Waals surface area contributed by atoms with Crippen molar-refractivity contribution >= 4 is 11.6 Å². The van der Waals surface area contributed by atoms with E-state index in [1.165, 1.54) is 4.57 Å². The van der Waals surface area contributed by atoms with E-state index in [0.717, 1.165) is 0 Å². The zero-order chi connectivity index (χ0) is 15.4. The van der Waals surface area contributed by atoms with E-state index in [0.29, 0.717) is 22.6 Å². The fraction of sp³-hybridized carbons (Fsp3) is 0.200. The van der Waals surface area contributed by atoms with Crippen LogP contribution < -0.4 is 11.0 Å². The van der Waals surface area contributed by atoms with Crippen molar-refractivity contribution in [2.24, 2.45) is 0 Å². The number of carbonyl (C=O) groups is 1. The van der Waals surface area contributed by atoms with Gasteiger partial charge in [-0.05, 0) is 44.2 Å². The molecule has 2 aromatic rings. The number of anilines is 1. The molecule has 6 nitrogen and oxygen atoms in total. The summed E-state index contributed by atoms with van der Waals surface area (Å²) in [6, 6.07) is 10.2. The Morgan fingerprint density at radius 2 is 2.00 bits per heavy atom. The van der Waals surface area contributed by atoms with Gasteiger partial charge in [0.2, 0.25) is 5.91 Å². The van der Waals surface area contributed by atoms with Gasteiger partial charge < -0.3 is 5.32 Å². The number of nitrogens with one attached hydrogen (secondary N) is 1. The van der Waals surface area contributed by atoms with Crippen LogP contribution in [0.2, 0.25) is 0 Å². The highest BCUT2D eigenvalue weighted by atomic mass is 16.2. The third-order valence-corrected chi connectivity index (χ3v) is 2.95. The predicted molar refractivity (Wildman–Crippen MR) is 77.8 cm³/mol. The van der Waals surface area contributed by atoms with Crippen LogP contribution in [0.5, 0.6) is 0 Å². The number of aryl methyl sites for hydroxylation is 2. The second-order valence-corrected chi connectivity index (χ2v) is 4.64. The Bertz CT molecular complexity index is 770. The van der Waals surface area contributed by atoms with Gasteiger partial charge in [0.1, 0.15) is 6.54 Å². The summed E-state index contributed by atoms with van der Waals surface area (Å²) in [6.07, 6.45) is 0. The molecule has 0 aliphatic heterocycles. The van der Waals surface area contributed by atoms with Crippen molar-refractivity contribution in [3.8, 4) is 6.07 Å². The van der Waals surface area contributed by atoms with E-state index >= 15 is 0 Å². The number of hydrogen-bond donors (Lipinski definition) is 1. The Labute approximate surface area is 121 Å². The third-order valence-electron chi connectivity index (χ3n) is 2.95. The topological polar surface area (TPSA) is 87.8 Å². The van der Waals surface area contributed by atoms with E-state index in [1.54, 1.807) is 44.2 Å². The summed E-state index contributed by atoms with van der Waals surface area (Å²) in [5.74, 6) is -0.324. The molecule has 1 amide bonds. The van der Waals surface area contributed by atoms with Crippen molar-refractivity contribution < 1.29 is 4.79 Å². The van der Waals surface area contributed by atoms with Crippen molar-refractivity contribution in [1.82, 2.24) is 9.55 Å². The van der Waals surface area contributed by atoms with Crippen molar-refractivity contribution in [3.05, 3.63) is 57.8 Å². The first-order valence-corrected chi connectivity index (χ1v) is 6.34. The second kappa shape index (κ2) is 6.01. The summed E-state index contributed by atoms with van der Waals surface area (Å²) in [4.78, 5) is 27.5. The molecule has 106 valence electrons. The van der Waals surface area contributed by atoms with E-state index in [1.807, 2.05) is 6.07 Å². The summed E-state index contributed by atoms with van der Waals surface area (Å²) < 4.78 is 1.31. The molecule has 1 heterocycles. The maximum absolute atomic E-state index is 12.0. The van der Waals surface area contributed by atoms with Crippen molar-refractivity contribution in [2.75, 3.05) is 5.32 Å². The number of nitriles is 1. The molecule has 2 rings (SSSR count). The van der Waals surface area contributed by atoms with Crippen molar-refractivity contribution in [1.29, 1.82) is 5.26 Å². The lowest BCUT2D eigenvalue weighted by molar-refractivity contribution is -0.116. The molecule has 1 N–H and O–H groups in total. The Morgan fingerprint density at radius 1 is 1.33 bits per heavy atom. The lowest BCUT2D eigenvalue weighted by Crippen LogP contribution is -2.31. The van der Waals surface area contributed by atoms with E-state index in [9.17, 15) is 9.59 Å². The highest BCUT2D eigenvalue weighted by Crippen LogP contribution is 2.09. The second-order valence-electron chi connectivity index (χ2n) is 4.64. The molecule has 0 aliphatic rings. The summed E-state index contributed by atoms with van der Waals surface area (Å²) in [6.45, 7) is 3.39. The molecular formula is C15H14N4O2. The molecule has 0 spiro atoms. The van der Waals surface area contributed by atoms with Gasteiger partial charge in [-0.3, -0.25) is 9.36 Å². The molecule has 0 fully saturated rings. The average Bonchev–Trinajstić information content (AvgIpc) is 2.43. The number of carbonyl (C=O) groups excluding carboxylic acids is 1. The minimum Gasteiger partial charge on any atom is -0.325 e. The molecule has 21 heavy (non-hydrogen) atoms. The maximum Gasteiger partial charge on any atom is 0.348 e. The minimum absolute atomic E-state index is 0.0993. The normalized spacial score (nSPS) is 9.95. The molecular weight excluding hydrogens is 268 g/mol. The largest absolute Gasteiger partial charge is 0.348 e. The monoisotopic (exact) mass is 282 g/mol. The maximum atomic E-state index is 12.0. The van der Waals surface area contributed by atoms with E-state index < -0.39 is 5.69 Å². The number of benzene rings is 1. The molecule has 6 heteroatoms. The molecule has 0 saturated carbocycles. The van der Waals surface area contributed by atoms with Crippen LogP contribution in [0.1, 0.15) is 17.0 Å². The highest BCUT2D eigenvalue weighted by Gasteiger charge is 2.08. The molecule has 1 aromatic carbocycles. The van der Waals surface area contributed by atoms with E-state index in [2.05, 4.69) is 10.3 Å². The quantitative estimate of drug-likeness (QED) is 0.921. The van der Waals surface area contributed by atoms with Crippen molar-refractivity contribution in [2.45, 2.75) is 20.4 Å². The highest BCUT2D eigenvalue weighted by molar-refractivity contribution is 5.90. The molecule has 0 saturated heterocycles. The first-order chi connectivity index (χ1) is 9.99. The lowest BCUT2D eigenvalue weighted by Gasteiger charge is -2.10. The first kappa shape index (κ1) is 14.5. The van der Waals surface area contributed by atoms with Gasteiger partial charge >= 0.3 is 5.69 Å². The molecule has 0 unspecified atom stereocenters. The fourth-order valence-corrected chi connectivity index (χ4v) is 1.94. The molecule has 1 aromatic heterocycles. The van der Waals surface area contributed by atoms with Gasteiger partial charge in [-0.1, -0.05) is 0 Å². The molecule has 0 bridgehead atoms. The predicted octanol–water partition coefficient (Wildman–Crippen LogP) is 1.37. The number of aromatic nitrogens is 2. The molecule has 0 radical (unpaired) electrons. The lowest BCUT2D eigenvalue weighted by atomic mass is 10.2. The Kier molecular flexibility index (Phi) is 4.14. The van der Waals surface area contributed by atoms with Gasteiger partial charge in [-0.2, -0.15) is 10.2 Å². The van der Waals surface area contributed by atoms with Gasteiger partial charge in [0, 0.05) is 17.1 Å². The van der Waals surface area contributed by atoms with Crippen LogP contribution in [0, 0.1) is 25.2 Å². The number of hydrogen-bond acceptors (Lipinski definition) is 4. The fourth-order valence-electron chi connectivity index (χ4n) is 1.94. The Hall–Kier alpha value is -2.94. The van der Waals surface area contributed by atoms with Crippen LogP contribution >= 0.6 is 0 Å². The van der Waals surface area contributed by atoms with Crippen LogP contribution in [0.4, 0.5) is 5.69 Å². The number of rotatable bonds is 3. The number of amides is 1. The standard InChI is InChI=1S/C15H14N4O2/c1-10-7-11(2)19(15(21)17-10)9-14(20)18-13-5-3-12(8-16)4-6-13/h3-7H,9H2,1-2H3,(H,18,20). The van der Waals surface area contributed by atoms with Gasteiger partial charge in [0.15, 0.2) is 0 Å². The van der Waals surface area contributed by atoms with Crippen molar-refractivity contribution in [3.63, 3.8) is 0 Å². The number of nitrogens with zero attached hydrogens (tertiary/aromatic N) is 3. The van der Waals surface area contributed by atoms with Crippen LogP contribution in [0.3, 0.4) is 0 Å². The van der Waals surface area contributed by atoms with Crippen LogP contribution in [0.25, 0.3) is 0 Å². The van der Waals surface area contributed by atoms with Gasteiger partial charge in [-0.15, -0.1) is 0 Å². The zero-order valence-electron chi connectivity index (χ0n) is 11.8. The Morgan fingerprint density at radius 3 is 2.57 bits per heavy atom. The smallest absolute Gasteiger partial charge is 0.325 e. The van der Waals surface area contributed by atoms with Crippen LogP contribution in [-0.4, -0.2) is 15.5 Å². The minimum atomic E-state index is -0.442. The molecule has 0 aliphatic carbocycles. The van der Waals surface area contributed by atoms with E-state index in [4.69, 9.17) is 5.26 Å². The summed E-state index contributed by atoms with van der Waals surface area (Å²) in [5.41, 5.74) is 1.96. The Balaban J connectivity index is 2.12. The first-order valence-electron chi connectivity index (χ1n) is 6.34. The summed E-state index contributed by atoms with van der Waals surface area (Å²) >= 11 is 0. The molecule has 0 atom stereocenters. The van der Waals surface area contributed by atoms with Crippen LogP contribution in [0.15, 0.2) is 35.1 Å². The van der Waals surface area contributed by atoms with Gasteiger partial charge in [-0.25, -0.2) is 4.79 Å². The van der Waals surface area contributed by atoms with E-state index in [-0.39, 0.29) is 12.5 Å². The van der Waals surface area contributed by atoms with Gasteiger partial charge in [0.05, 0.1) is 11.6 Å². The third kappa shape index (κ3) is 3.54. The average molecular weight is 282 g/mol. The summed E-state index contributed by atoms with van der Waals surface area (Å²) in [5, 5.41) is 11.4. The summed E-state index contributed by atoms with van der Waals surface area (Å²) in [7, 11) is 0. The zero-order valence-corrected chi connectivity index (χ0v) is 11.8. The van der Waals surface area contributed by atoms with Gasteiger partial charge in [0.25, 0.3) is 0 Å². The SMILES string of the molecule is Cc1cc(C)n(CC(=O)Nc2ccc(C#N)cc2)c(=O)n1. The van der Waals surface area contributed by atoms with Crippen LogP contribution in [-0.2, 0) is 11.3 Å².